The molecule has 136 valence electrons. The number of hydrogen-bond acceptors (Lipinski definition) is 3. The first-order valence-electron chi connectivity index (χ1n) is 8.45. The second-order valence-electron chi connectivity index (χ2n) is 6.49. The normalized spacial score (nSPS) is 15.8. The van der Waals surface area contributed by atoms with Gasteiger partial charge >= 0.3 is 6.18 Å². The van der Waals surface area contributed by atoms with Crippen molar-refractivity contribution >= 4 is 10.9 Å². The quantitative estimate of drug-likeness (QED) is 0.751. The Morgan fingerprint density at radius 1 is 1.19 bits per heavy atom. The monoisotopic (exact) mass is 361 g/mol. The largest absolute Gasteiger partial charge is 0.416 e. The Bertz CT molecular complexity index is 935. The van der Waals surface area contributed by atoms with Crippen molar-refractivity contribution in [2.24, 2.45) is 0 Å². The smallest absolute Gasteiger partial charge is 0.387 e. The Kier molecular flexibility index (Phi) is 4.20. The number of pyridine rings is 1. The lowest BCUT2D eigenvalue weighted by atomic mass is 10.0. The van der Waals surface area contributed by atoms with Crippen LogP contribution in [0.25, 0.3) is 10.9 Å². The number of hydrogen-bond donors (Lipinski definition) is 2. The van der Waals surface area contributed by atoms with Crippen molar-refractivity contribution in [2.75, 3.05) is 6.54 Å². The first-order chi connectivity index (χ1) is 12.4. The minimum Gasteiger partial charge on any atom is -0.387 e. The highest BCUT2D eigenvalue weighted by Gasteiger charge is 2.32. The average molecular weight is 361 g/mol. The van der Waals surface area contributed by atoms with Crippen molar-refractivity contribution in [3.05, 3.63) is 65.1 Å². The van der Waals surface area contributed by atoms with E-state index in [0.29, 0.717) is 24.9 Å². The van der Waals surface area contributed by atoms with Gasteiger partial charge in [-0.15, -0.1) is 0 Å². The number of rotatable bonds is 3. The number of aromatic nitrogens is 2. The van der Waals surface area contributed by atoms with Crippen LogP contribution in [0.5, 0.6) is 0 Å². The molecule has 0 amide bonds. The number of aliphatic hydroxyl groups excluding tert-OH is 1. The van der Waals surface area contributed by atoms with Gasteiger partial charge in [0.1, 0.15) is 0 Å². The van der Waals surface area contributed by atoms with E-state index >= 15 is 0 Å². The third kappa shape index (κ3) is 2.97. The van der Waals surface area contributed by atoms with Crippen LogP contribution in [-0.4, -0.2) is 21.2 Å². The molecular weight excluding hydrogens is 343 g/mol. The first kappa shape index (κ1) is 17.1. The van der Waals surface area contributed by atoms with Gasteiger partial charge in [0.15, 0.2) is 0 Å². The molecule has 3 heterocycles. The molecule has 0 aliphatic carbocycles. The van der Waals surface area contributed by atoms with E-state index in [1.807, 2.05) is 4.57 Å². The summed E-state index contributed by atoms with van der Waals surface area (Å²) in [6.45, 7) is 1.59. The van der Waals surface area contributed by atoms with Crippen LogP contribution in [0.1, 0.15) is 28.5 Å². The summed E-state index contributed by atoms with van der Waals surface area (Å²) in [5.41, 5.74) is 2.69. The van der Waals surface area contributed by atoms with Gasteiger partial charge in [0.25, 0.3) is 0 Å². The van der Waals surface area contributed by atoms with E-state index in [9.17, 15) is 18.3 Å². The molecule has 0 spiro atoms. The molecule has 0 bridgehead atoms. The fourth-order valence-electron chi connectivity index (χ4n) is 3.63. The molecule has 1 atom stereocenters. The maximum absolute atomic E-state index is 13.1. The average Bonchev–Trinajstić information content (AvgIpc) is 2.95. The van der Waals surface area contributed by atoms with Gasteiger partial charge in [-0.3, -0.25) is 4.98 Å². The number of alkyl halides is 3. The summed E-state index contributed by atoms with van der Waals surface area (Å²) in [6, 6.07) is 7.32. The summed E-state index contributed by atoms with van der Waals surface area (Å²) < 4.78 is 41.3. The molecule has 0 saturated heterocycles. The molecule has 7 heteroatoms. The van der Waals surface area contributed by atoms with Gasteiger partial charge in [-0.25, -0.2) is 0 Å². The van der Waals surface area contributed by atoms with E-state index in [2.05, 4.69) is 10.3 Å². The Labute approximate surface area is 148 Å². The van der Waals surface area contributed by atoms with Gasteiger partial charge in [-0.2, -0.15) is 13.2 Å². The maximum atomic E-state index is 13.1. The van der Waals surface area contributed by atoms with Crippen molar-refractivity contribution in [3.8, 4) is 0 Å². The fourth-order valence-corrected chi connectivity index (χ4v) is 3.63. The second-order valence-corrected chi connectivity index (χ2v) is 6.49. The summed E-state index contributed by atoms with van der Waals surface area (Å²) in [6.07, 6.45) is -1.19. The van der Waals surface area contributed by atoms with Crippen LogP contribution >= 0.6 is 0 Å². The zero-order chi connectivity index (χ0) is 18.3. The summed E-state index contributed by atoms with van der Waals surface area (Å²) in [5.74, 6) is 0. The Hall–Kier alpha value is -2.38. The van der Waals surface area contributed by atoms with Crippen LogP contribution < -0.4 is 5.32 Å². The van der Waals surface area contributed by atoms with Crippen molar-refractivity contribution in [1.82, 2.24) is 14.9 Å². The Balaban J connectivity index is 1.81. The van der Waals surface area contributed by atoms with Gasteiger partial charge in [-0.05, 0) is 41.5 Å². The molecule has 4 rings (SSSR count). The SMILES string of the molecule is OC(Cn1c2c(c3cc(C(F)(F)F)ccc31)CNCC2)c1ccncc1. The number of halogens is 3. The molecule has 1 aromatic carbocycles. The molecule has 0 fully saturated rings. The summed E-state index contributed by atoms with van der Waals surface area (Å²) in [4.78, 5) is 3.94. The highest BCUT2D eigenvalue weighted by Crippen LogP contribution is 2.36. The van der Waals surface area contributed by atoms with Crippen molar-refractivity contribution in [1.29, 1.82) is 0 Å². The first-order valence-corrected chi connectivity index (χ1v) is 8.45. The Morgan fingerprint density at radius 2 is 1.96 bits per heavy atom. The maximum Gasteiger partial charge on any atom is 0.416 e. The van der Waals surface area contributed by atoms with Gasteiger partial charge in [-0.1, -0.05) is 0 Å². The van der Waals surface area contributed by atoms with Gasteiger partial charge in [0.05, 0.1) is 18.2 Å². The zero-order valence-electron chi connectivity index (χ0n) is 13.9. The number of aliphatic hydroxyl groups is 1. The van der Waals surface area contributed by atoms with Crippen LogP contribution in [0.15, 0.2) is 42.7 Å². The Morgan fingerprint density at radius 3 is 2.69 bits per heavy atom. The van der Waals surface area contributed by atoms with E-state index in [1.165, 1.54) is 12.1 Å². The van der Waals surface area contributed by atoms with E-state index < -0.39 is 17.8 Å². The molecule has 26 heavy (non-hydrogen) atoms. The zero-order valence-corrected chi connectivity index (χ0v) is 13.9. The van der Waals surface area contributed by atoms with Gasteiger partial charge in [0, 0.05) is 48.5 Å². The van der Waals surface area contributed by atoms with E-state index in [4.69, 9.17) is 0 Å². The fraction of sp³-hybridized carbons (Fsp3) is 0.316. The lowest BCUT2D eigenvalue weighted by Crippen LogP contribution is -2.25. The minimum absolute atomic E-state index is 0.293. The predicted octanol–water partition coefficient (Wildman–Crippen LogP) is 3.43. The topological polar surface area (TPSA) is 50.1 Å². The third-order valence-corrected chi connectivity index (χ3v) is 4.90. The summed E-state index contributed by atoms with van der Waals surface area (Å²) >= 11 is 0. The molecule has 2 N–H and O–H groups in total. The highest BCUT2D eigenvalue weighted by atomic mass is 19.4. The number of nitrogens with zero attached hydrogens (tertiary/aromatic N) is 2. The van der Waals surface area contributed by atoms with Gasteiger partial charge in [0.2, 0.25) is 0 Å². The number of benzene rings is 1. The molecule has 0 saturated carbocycles. The summed E-state index contributed by atoms with van der Waals surface area (Å²) in [7, 11) is 0. The van der Waals surface area contributed by atoms with E-state index in [-0.39, 0.29) is 0 Å². The molecular formula is C19H18F3N3O. The van der Waals surface area contributed by atoms with Gasteiger partial charge < -0.3 is 15.0 Å². The molecule has 0 radical (unpaired) electrons. The van der Waals surface area contributed by atoms with Crippen molar-refractivity contribution < 1.29 is 18.3 Å². The predicted molar refractivity (Wildman–Crippen MR) is 91.5 cm³/mol. The third-order valence-electron chi connectivity index (χ3n) is 4.90. The van der Waals surface area contributed by atoms with E-state index in [0.717, 1.165) is 34.9 Å². The summed E-state index contributed by atoms with van der Waals surface area (Å²) in [5, 5.41) is 14.4. The van der Waals surface area contributed by atoms with Crippen molar-refractivity contribution in [3.63, 3.8) is 0 Å². The van der Waals surface area contributed by atoms with E-state index in [1.54, 1.807) is 24.5 Å². The molecule has 1 aliphatic rings. The van der Waals surface area contributed by atoms with Crippen LogP contribution in [0, 0.1) is 0 Å². The molecule has 1 unspecified atom stereocenters. The lowest BCUT2D eigenvalue weighted by molar-refractivity contribution is -0.137. The number of nitrogens with one attached hydrogen (secondary N) is 1. The molecule has 3 aromatic rings. The minimum atomic E-state index is -4.37. The highest BCUT2D eigenvalue weighted by molar-refractivity contribution is 5.86. The lowest BCUT2D eigenvalue weighted by Gasteiger charge is -2.19. The standard InChI is InChI=1S/C19H18F3N3O/c20-19(21,22)13-1-2-16-14(9-13)15-10-24-8-5-17(15)25(16)11-18(26)12-3-6-23-7-4-12/h1-4,6-7,9,18,24,26H,5,8,10-11H2. The molecule has 1 aliphatic heterocycles. The number of fused-ring (bicyclic) bond motifs is 3. The second kappa shape index (κ2) is 6.41. The van der Waals surface area contributed by atoms with Crippen LogP contribution in [-0.2, 0) is 25.7 Å². The molecule has 4 nitrogen and oxygen atoms in total. The van der Waals surface area contributed by atoms with Crippen LogP contribution in [0.3, 0.4) is 0 Å². The molecule has 2 aromatic heterocycles. The van der Waals surface area contributed by atoms with Crippen LogP contribution in [0.2, 0.25) is 0 Å². The van der Waals surface area contributed by atoms with Crippen LogP contribution in [0.4, 0.5) is 13.2 Å². The van der Waals surface area contributed by atoms with Crippen molar-refractivity contribution in [2.45, 2.75) is 31.8 Å².